The van der Waals surface area contributed by atoms with Gasteiger partial charge < -0.3 is 5.73 Å². The minimum Gasteiger partial charge on any atom is -0.320 e. The van der Waals surface area contributed by atoms with Crippen molar-refractivity contribution in [2.45, 2.75) is 12.2 Å². The van der Waals surface area contributed by atoms with E-state index in [0.29, 0.717) is 19.8 Å². The second-order valence-electron chi connectivity index (χ2n) is 3.98. The lowest BCUT2D eigenvalue weighted by Crippen LogP contribution is -2.14. The zero-order valence-corrected chi connectivity index (χ0v) is 12.8. The molecule has 0 aliphatic rings. The van der Waals surface area contributed by atoms with Crippen LogP contribution in [0.1, 0.15) is 22.0 Å². The number of thiophene rings is 1. The van der Waals surface area contributed by atoms with Gasteiger partial charge >= 0.3 is 6.18 Å². The maximum Gasteiger partial charge on any atom is 0.416 e. The smallest absolute Gasteiger partial charge is 0.320 e. The molecule has 1 heterocycles. The van der Waals surface area contributed by atoms with Crippen LogP contribution in [0, 0.1) is 5.82 Å². The first-order valence-corrected chi connectivity index (χ1v) is 7.26. The molecule has 0 radical (unpaired) electrons. The summed E-state index contributed by atoms with van der Waals surface area (Å²) < 4.78 is 52.6. The number of benzene rings is 1. The van der Waals surface area contributed by atoms with E-state index < -0.39 is 23.6 Å². The molecule has 0 saturated carbocycles. The Hall–Kier alpha value is -0.630. The fourth-order valence-corrected chi connectivity index (χ4v) is 3.39. The van der Waals surface area contributed by atoms with Crippen LogP contribution < -0.4 is 5.73 Å². The molecule has 0 aliphatic carbocycles. The van der Waals surface area contributed by atoms with Gasteiger partial charge in [-0.3, -0.25) is 0 Å². The van der Waals surface area contributed by atoms with Gasteiger partial charge in [-0.1, -0.05) is 11.6 Å². The Kier molecular flexibility index (Phi) is 4.44. The number of rotatable bonds is 2. The summed E-state index contributed by atoms with van der Waals surface area (Å²) in [5, 5.41) is 0. The van der Waals surface area contributed by atoms with Crippen molar-refractivity contribution >= 4 is 38.9 Å². The number of alkyl halides is 3. The highest BCUT2D eigenvalue weighted by Crippen LogP contribution is 2.38. The van der Waals surface area contributed by atoms with Crippen molar-refractivity contribution in [2.24, 2.45) is 5.73 Å². The first-order chi connectivity index (χ1) is 9.20. The molecule has 0 amide bonds. The van der Waals surface area contributed by atoms with Gasteiger partial charge in [0.25, 0.3) is 0 Å². The first-order valence-electron chi connectivity index (χ1n) is 5.27. The van der Waals surface area contributed by atoms with Crippen LogP contribution in [0.5, 0.6) is 0 Å². The van der Waals surface area contributed by atoms with E-state index in [1.807, 2.05) is 0 Å². The number of hydrogen-bond donors (Lipinski definition) is 1. The number of hydrogen-bond acceptors (Lipinski definition) is 2. The van der Waals surface area contributed by atoms with Crippen LogP contribution in [0.25, 0.3) is 0 Å². The quantitative estimate of drug-likeness (QED) is 0.688. The van der Waals surface area contributed by atoms with Gasteiger partial charge in [0.15, 0.2) is 0 Å². The molecule has 0 saturated heterocycles. The van der Waals surface area contributed by atoms with Gasteiger partial charge in [0, 0.05) is 14.9 Å². The van der Waals surface area contributed by atoms with E-state index in [4.69, 9.17) is 17.3 Å². The molecule has 2 N–H and O–H groups in total. The summed E-state index contributed by atoms with van der Waals surface area (Å²) in [6.45, 7) is 0. The fourth-order valence-electron chi connectivity index (χ4n) is 1.63. The molecule has 0 spiro atoms. The SMILES string of the molecule is NC(c1cc(Br)c(Cl)s1)c1cc(C(F)(F)F)ccc1F. The molecule has 1 unspecified atom stereocenters. The van der Waals surface area contributed by atoms with Crippen LogP contribution in [0.2, 0.25) is 4.34 Å². The fraction of sp³-hybridized carbons (Fsp3) is 0.167. The van der Waals surface area contributed by atoms with E-state index in [2.05, 4.69) is 15.9 Å². The molecule has 0 bridgehead atoms. The maximum atomic E-state index is 13.7. The van der Waals surface area contributed by atoms with Crippen molar-refractivity contribution in [3.8, 4) is 0 Å². The minimum atomic E-state index is -4.55. The van der Waals surface area contributed by atoms with Gasteiger partial charge in [0.2, 0.25) is 0 Å². The summed E-state index contributed by atoms with van der Waals surface area (Å²) in [5.41, 5.74) is 4.68. The van der Waals surface area contributed by atoms with Gasteiger partial charge in [0.05, 0.1) is 11.6 Å². The molecule has 8 heteroatoms. The predicted molar refractivity (Wildman–Crippen MR) is 74.5 cm³/mol. The Morgan fingerprint density at radius 3 is 2.40 bits per heavy atom. The van der Waals surface area contributed by atoms with Crippen LogP contribution in [-0.2, 0) is 6.18 Å². The van der Waals surface area contributed by atoms with Gasteiger partial charge in [-0.25, -0.2) is 4.39 Å². The van der Waals surface area contributed by atoms with Crippen LogP contribution in [-0.4, -0.2) is 0 Å². The molecular formula is C12H7BrClF4NS. The third kappa shape index (κ3) is 3.16. The van der Waals surface area contributed by atoms with E-state index >= 15 is 0 Å². The third-order valence-corrected chi connectivity index (χ3v) is 5.19. The second kappa shape index (κ2) is 5.63. The highest BCUT2D eigenvalue weighted by Gasteiger charge is 2.32. The molecule has 108 valence electrons. The van der Waals surface area contributed by atoms with Crippen molar-refractivity contribution in [3.63, 3.8) is 0 Å². The third-order valence-electron chi connectivity index (χ3n) is 2.63. The highest BCUT2D eigenvalue weighted by atomic mass is 79.9. The average Bonchev–Trinajstić information content (AvgIpc) is 2.68. The van der Waals surface area contributed by atoms with Crippen LogP contribution in [0.3, 0.4) is 0 Å². The Labute approximate surface area is 129 Å². The molecule has 20 heavy (non-hydrogen) atoms. The Bertz CT molecular complexity index is 621. The average molecular weight is 389 g/mol. The highest BCUT2D eigenvalue weighted by molar-refractivity contribution is 9.10. The summed E-state index contributed by atoms with van der Waals surface area (Å²) in [6, 6.07) is 2.73. The zero-order valence-electron chi connectivity index (χ0n) is 9.64. The van der Waals surface area contributed by atoms with Crippen molar-refractivity contribution in [1.82, 2.24) is 0 Å². The zero-order chi connectivity index (χ0) is 15.1. The van der Waals surface area contributed by atoms with Crippen LogP contribution in [0.15, 0.2) is 28.7 Å². The molecule has 2 aromatic rings. The minimum absolute atomic E-state index is 0.217. The molecule has 0 fully saturated rings. The molecule has 0 aliphatic heterocycles. The van der Waals surface area contributed by atoms with Gasteiger partial charge in [-0.05, 0) is 40.2 Å². The van der Waals surface area contributed by atoms with E-state index in [0.717, 1.165) is 23.5 Å². The second-order valence-corrected chi connectivity index (χ2v) is 6.52. The molecule has 1 nitrogen and oxygen atoms in total. The van der Waals surface area contributed by atoms with E-state index in [1.54, 1.807) is 6.07 Å². The van der Waals surface area contributed by atoms with Gasteiger partial charge in [-0.15, -0.1) is 11.3 Å². The molecule has 1 aromatic carbocycles. The molecular weight excluding hydrogens is 382 g/mol. The van der Waals surface area contributed by atoms with E-state index in [1.165, 1.54) is 0 Å². The molecule has 1 atom stereocenters. The van der Waals surface area contributed by atoms with Crippen LogP contribution in [0.4, 0.5) is 17.6 Å². The summed E-state index contributed by atoms with van der Waals surface area (Å²) in [7, 11) is 0. The Morgan fingerprint density at radius 1 is 1.25 bits per heavy atom. The van der Waals surface area contributed by atoms with Crippen molar-refractivity contribution < 1.29 is 17.6 Å². The summed E-state index contributed by atoms with van der Waals surface area (Å²) in [5.74, 6) is -0.786. The lowest BCUT2D eigenvalue weighted by atomic mass is 10.0. The standard InChI is InChI=1S/C12H7BrClF4NS/c13-7-4-9(20-11(7)14)10(19)6-3-5(12(16,17)18)1-2-8(6)15/h1-4,10H,19H2. The predicted octanol–water partition coefficient (Wildman–Crippen LogP) is 5.37. The Morgan fingerprint density at radius 2 is 1.90 bits per heavy atom. The molecule has 2 rings (SSSR count). The first kappa shape index (κ1) is 15.8. The van der Waals surface area contributed by atoms with E-state index in [9.17, 15) is 17.6 Å². The normalized spacial score (nSPS) is 13.6. The summed E-state index contributed by atoms with van der Waals surface area (Å²) in [4.78, 5) is 0.472. The molecule has 1 aromatic heterocycles. The van der Waals surface area contributed by atoms with Crippen molar-refractivity contribution in [3.05, 3.63) is 54.9 Å². The lowest BCUT2D eigenvalue weighted by Gasteiger charge is -2.14. The largest absolute Gasteiger partial charge is 0.416 e. The Balaban J connectivity index is 2.46. The van der Waals surface area contributed by atoms with Gasteiger partial charge in [-0.2, -0.15) is 13.2 Å². The van der Waals surface area contributed by atoms with E-state index in [-0.39, 0.29) is 5.56 Å². The van der Waals surface area contributed by atoms with Crippen molar-refractivity contribution in [1.29, 1.82) is 0 Å². The van der Waals surface area contributed by atoms with Crippen LogP contribution >= 0.6 is 38.9 Å². The number of nitrogens with two attached hydrogens (primary N) is 1. The van der Waals surface area contributed by atoms with Gasteiger partial charge in [0.1, 0.15) is 10.2 Å². The lowest BCUT2D eigenvalue weighted by molar-refractivity contribution is -0.137. The summed E-state index contributed by atoms with van der Waals surface area (Å²) >= 11 is 10.1. The summed E-state index contributed by atoms with van der Waals surface area (Å²) in [6.07, 6.45) is -4.55. The number of halogens is 6. The maximum absolute atomic E-state index is 13.7. The monoisotopic (exact) mass is 387 g/mol. The van der Waals surface area contributed by atoms with Crippen molar-refractivity contribution in [2.75, 3.05) is 0 Å². The topological polar surface area (TPSA) is 26.0 Å².